The fourth-order valence-corrected chi connectivity index (χ4v) is 3.07. The van der Waals surface area contributed by atoms with Crippen LogP contribution in [0.4, 0.5) is 0 Å². The largest absolute Gasteiger partial charge is 0.366 e. The number of aromatic nitrogens is 3. The summed E-state index contributed by atoms with van der Waals surface area (Å²) in [5, 5.41) is 14.7. The lowest BCUT2D eigenvalue weighted by Crippen LogP contribution is -2.48. The zero-order chi connectivity index (χ0) is 16.1. The Hall–Kier alpha value is -1.06. The standard InChI is InChI=1S/C15H21N5O2S.2ClH/c1-23-9-5-11(17-15(21)12-10-16-6-8-22-12)14-19-18-13-4-2-3-7-20(13)14;;/h2-4,7,11-12,16H,5-6,8-10H2,1H3,(H,17,21);2*1H. The van der Waals surface area contributed by atoms with Crippen LogP contribution >= 0.6 is 36.6 Å². The molecule has 0 bridgehead atoms. The minimum Gasteiger partial charge on any atom is -0.366 e. The van der Waals surface area contributed by atoms with E-state index in [4.69, 9.17) is 4.74 Å². The van der Waals surface area contributed by atoms with Crippen molar-refractivity contribution in [3.05, 3.63) is 30.2 Å². The first-order chi connectivity index (χ1) is 11.3. The third kappa shape index (κ3) is 5.46. The van der Waals surface area contributed by atoms with Crippen molar-refractivity contribution in [2.45, 2.75) is 18.6 Å². The van der Waals surface area contributed by atoms with Crippen LogP contribution in [0.25, 0.3) is 5.65 Å². The van der Waals surface area contributed by atoms with Gasteiger partial charge in [-0.3, -0.25) is 9.20 Å². The number of thioether (sulfide) groups is 1. The molecule has 1 aliphatic heterocycles. The van der Waals surface area contributed by atoms with Crippen molar-refractivity contribution in [3.63, 3.8) is 0 Å². The monoisotopic (exact) mass is 407 g/mol. The number of rotatable bonds is 6. The molecule has 140 valence electrons. The molecule has 2 aromatic heterocycles. The fourth-order valence-electron chi connectivity index (χ4n) is 2.60. The number of nitrogens with zero attached hydrogens (tertiary/aromatic N) is 3. The predicted octanol–water partition coefficient (Wildman–Crippen LogP) is 1.47. The highest BCUT2D eigenvalue weighted by atomic mass is 35.5. The molecule has 1 amide bonds. The number of hydrogen-bond donors (Lipinski definition) is 2. The van der Waals surface area contributed by atoms with Crippen molar-refractivity contribution in [1.29, 1.82) is 0 Å². The molecule has 7 nitrogen and oxygen atoms in total. The summed E-state index contributed by atoms with van der Waals surface area (Å²) in [5.41, 5.74) is 0.779. The molecule has 2 unspecified atom stereocenters. The van der Waals surface area contributed by atoms with Crippen LogP contribution in [0, 0.1) is 0 Å². The van der Waals surface area contributed by atoms with Gasteiger partial charge in [-0.25, -0.2) is 0 Å². The maximum absolute atomic E-state index is 12.5. The van der Waals surface area contributed by atoms with Gasteiger partial charge in [-0.05, 0) is 30.6 Å². The number of carbonyl (C=O) groups excluding carboxylic acids is 1. The highest BCUT2D eigenvalue weighted by molar-refractivity contribution is 7.98. The van der Waals surface area contributed by atoms with Gasteiger partial charge in [-0.15, -0.1) is 35.0 Å². The van der Waals surface area contributed by atoms with Crippen molar-refractivity contribution >= 4 is 48.1 Å². The van der Waals surface area contributed by atoms with Gasteiger partial charge in [0.05, 0.1) is 12.6 Å². The van der Waals surface area contributed by atoms with E-state index >= 15 is 0 Å². The van der Waals surface area contributed by atoms with Gasteiger partial charge < -0.3 is 15.4 Å². The maximum Gasteiger partial charge on any atom is 0.251 e. The normalized spacial score (nSPS) is 18.0. The summed E-state index contributed by atoms with van der Waals surface area (Å²) in [5.74, 6) is 1.58. The quantitative estimate of drug-likeness (QED) is 0.754. The van der Waals surface area contributed by atoms with E-state index in [2.05, 4.69) is 27.1 Å². The van der Waals surface area contributed by atoms with E-state index in [0.717, 1.165) is 30.2 Å². The number of fused-ring (bicyclic) bond motifs is 1. The van der Waals surface area contributed by atoms with Gasteiger partial charge in [-0.2, -0.15) is 11.8 Å². The van der Waals surface area contributed by atoms with E-state index < -0.39 is 6.10 Å². The highest BCUT2D eigenvalue weighted by Gasteiger charge is 2.26. The molecule has 3 rings (SSSR count). The minimum atomic E-state index is -0.445. The first-order valence-corrected chi connectivity index (χ1v) is 9.10. The fraction of sp³-hybridized carbons (Fsp3) is 0.533. The lowest BCUT2D eigenvalue weighted by Gasteiger charge is -2.25. The van der Waals surface area contributed by atoms with Crippen molar-refractivity contribution < 1.29 is 9.53 Å². The van der Waals surface area contributed by atoms with E-state index in [9.17, 15) is 4.79 Å². The van der Waals surface area contributed by atoms with E-state index in [1.54, 1.807) is 11.8 Å². The molecule has 1 fully saturated rings. The second kappa shape index (κ2) is 10.8. The molecule has 0 aliphatic carbocycles. The summed E-state index contributed by atoms with van der Waals surface area (Å²) in [6, 6.07) is 5.57. The molecule has 0 saturated carbocycles. The zero-order valence-corrected chi connectivity index (χ0v) is 16.3. The Balaban J connectivity index is 0.00000156. The highest BCUT2D eigenvalue weighted by Crippen LogP contribution is 2.18. The Morgan fingerprint density at radius 2 is 2.32 bits per heavy atom. The number of ether oxygens (including phenoxy) is 1. The molecule has 10 heteroatoms. The second-order valence-corrected chi connectivity index (χ2v) is 6.38. The average Bonchev–Trinajstić information content (AvgIpc) is 3.03. The average molecular weight is 408 g/mol. The number of hydrogen-bond acceptors (Lipinski definition) is 6. The number of morpholine rings is 1. The lowest BCUT2D eigenvalue weighted by atomic mass is 10.2. The van der Waals surface area contributed by atoms with Crippen LogP contribution in [-0.2, 0) is 9.53 Å². The topological polar surface area (TPSA) is 80.5 Å². The van der Waals surface area contributed by atoms with Crippen molar-refractivity contribution in [1.82, 2.24) is 25.2 Å². The van der Waals surface area contributed by atoms with Crippen LogP contribution < -0.4 is 10.6 Å². The van der Waals surface area contributed by atoms with Gasteiger partial charge in [0, 0.05) is 19.3 Å². The van der Waals surface area contributed by atoms with E-state index in [-0.39, 0.29) is 36.8 Å². The summed E-state index contributed by atoms with van der Waals surface area (Å²) >= 11 is 1.74. The number of amides is 1. The van der Waals surface area contributed by atoms with Crippen molar-refractivity contribution in [3.8, 4) is 0 Å². The molecule has 2 N–H and O–H groups in total. The van der Waals surface area contributed by atoms with Gasteiger partial charge in [0.15, 0.2) is 11.5 Å². The van der Waals surface area contributed by atoms with E-state index in [1.807, 2.05) is 28.8 Å². The Morgan fingerprint density at radius 3 is 3.04 bits per heavy atom. The molecule has 3 heterocycles. The van der Waals surface area contributed by atoms with Gasteiger partial charge >= 0.3 is 0 Å². The Bertz CT molecular complexity index is 666. The molecule has 0 spiro atoms. The van der Waals surface area contributed by atoms with E-state index in [0.29, 0.717) is 13.2 Å². The van der Waals surface area contributed by atoms with Crippen LogP contribution in [0.5, 0.6) is 0 Å². The first kappa shape index (κ1) is 22.0. The van der Waals surface area contributed by atoms with Crippen LogP contribution in [0.2, 0.25) is 0 Å². The second-order valence-electron chi connectivity index (χ2n) is 5.39. The zero-order valence-electron chi connectivity index (χ0n) is 13.9. The number of carbonyl (C=O) groups is 1. The van der Waals surface area contributed by atoms with Crippen molar-refractivity contribution in [2.75, 3.05) is 31.7 Å². The van der Waals surface area contributed by atoms with Crippen LogP contribution in [0.3, 0.4) is 0 Å². The molecule has 2 atom stereocenters. The molecule has 25 heavy (non-hydrogen) atoms. The molecule has 2 aromatic rings. The van der Waals surface area contributed by atoms with Crippen LogP contribution in [0.15, 0.2) is 24.4 Å². The maximum atomic E-state index is 12.5. The Morgan fingerprint density at radius 1 is 1.48 bits per heavy atom. The molecular formula is C15H23Cl2N5O2S. The minimum absolute atomic E-state index is 0. The molecule has 0 radical (unpaired) electrons. The van der Waals surface area contributed by atoms with Gasteiger partial charge in [-0.1, -0.05) is 6.07 Å². The number of nitrogens with one attached hydrogen (secondary N) is 2. The van der Waals surface area contributed by atoms with Crippen LogP contribution in [0.1, 0.15) is 18.3 Å². The summed E-state index contributed by atoms with van der Waals surface area (Å²) in [7, 11) is 0. The van der Waals surface area contributed by atoms with Crippen LogP contribution in [-0.4, -0.2) is 58.3 Å². The number of halogens is 2. The summed E-state index contributed by atoms with van der Waals surface area (Å²) in [6.07, 6.45) is 4.32. The third-order valence-electron chi connectivity index (χ3n) is 3.80. The predicted molar refractivity (Wildman–Crippen MR) is 104 cm³/mol. The third-order valence-corrected chi connectivity index (χ3v) is 4.44. The van der Waals surface area contributed by atoms with E-state index in [1.165, 1.54) is 0 Å². The summed E-state index contributed by atoms with van der Waals surface area (Å²) < 4.78 is 7.45. The Labute approximate surface area is 163 Å². The van der Waals surface area contributed by atoms with Gasteiger partial charge in [0.1, 0.15) is 6.10 Å². The first-order valence-electron chi connectivity index (χ1n) is 7.71. The van der Waals surface area contributed by atoms with Crippen molar-refractivity contribution in [2.24, 2.45) is 0 Å². The summed E-state index contributed by atoms with van der Waals surface area (Å²) in [6.45, 7) is 1.89. The molecule has 1 aliphatic rings. The Kier molecular flexibility index (Phi) is 9.52. The molecular weight excluding hydrogens is 385 g/mol. The van der Waals surface area contributed by atoms with Gasteiger partial charge in [0.25, 0.3) is 5.91 Å². The summed E-state index contributed by atoms with van der Waals surface area (Å²) in [4.78, 5) is 12.5. The molecule has 0 aromatic carbocycles. The SMILES string of the molecule is CSCCC(NC(=O)C1CNCCO1)c1nnc2ccccn12.Cl.Cl. The van der Waals surface area contributed by atoms with Gasteiger partial charge in [0.2, 0.25) is 0 Å². The smallest absolute Gasteiger partial charge is 0.251 e. The number of pyridine rings is 1. The molecule has 1 saturated heterocycles. The lowest BCUT2D eigenvalue weighted by molar-refractivity contribution is -0.135.